The molecule has 0 aliphatic carbocycles. The lowest BCUT2D eigenvalue weighted by molar-refractivity contribution is -0.150. The molecule has 5 N–H and O–H groups in total. The summed E-state index contributed by atoms with van der Waals surface area (Å²) >= 11 is 0. The molecule has 0 radical (unpaired) electrons. The van der Waals surface area contributed by atoms with Crippen LogP contribution in [0.25, 0.3) is 0 Å². The smallest absolute Gasteiger partial charge is 0.326 e. The number of carboxylic acid groups (broad SMARTS) is 1. The number of hydrogen-bond donors (Lipinski definition) is 4. The molecule has 1 heterocycles. The highest BCUT2D eigenvalue weighted by Crippen LogP contribution is 2.20. The average molecular weight is 315 g/mol. The van der Waals surface area contributed by atoms with Crippen molar-refractivity contribution in [2.24, 2.45) is 11.7 Å². The number of rotatable bonds is 6. The van der Waals surface area contributed by atoms with E-state index in [9.17, 15) is 19.5 Å². The average Bonchev–Trinajstić information content (AvgIpc) is 2.91. The summed E-state index contributed by atoms with van der Waals surface area (Å²) in [5, 5.41) is 21.0. The lowest BCUT2D eigenvalue weighted by Crippen LogP contribution is -2.57. The van der Waals surface area contributed by atoms with Crippen LogP contribution in [0, 0.1) is 5.92 Å². The highest BCUT2D eigenvalue weighted by molar-refractivity contribution is 5.92. The first-order chi connectivity index (χ1) is 10.2. The molecule has 8 heteroatoms. The zero-order valence-electron chi connectivity index (χ0n) is 13.2. The van der Waals surface area contributed by atoms with Crippen LogP contribution in [0.3, 0.4) is 0 Å². The van der Waals surface area contributed by atoms with E-state index in [2.05, 4.69) is 5.32 Å². The van der Waals surface area contributed by atoms with E-state index in [-0.39, 0.29) is 5.92 Å². The second-order valence-corrected chi connectivity index (χ2v) is 6.02. The maximum atomic E-state index is 12.6. The zero-order chi connectivity index (χ0) is 17.0. The van der Waals surface area contributed by atoms with Crippen molar-refractivity contribution in [3.8, 4) is 0 Å². The number of nitrogens with two attached hydrogens (primary N) is 1. The Morgan fingerprint density at radius 3 is 2.32 bits per heavy atom. The Labute approximate surface area is 129 Å². The summed E-state index contributed by atoms with van der Waals surface area (Å²) in [5.74, 6) is -2.33. The van der Waals surface area contributed by atoms with Gasteiger partial charge >= 0.3 is 5.97 Å². The molecule has 22 heavy (non-hydrogen) atoms. The zero-order valence-corrected chi connectivity index (χ0v) is 13.2. The minimum Gasteiger partial charge on any atom is -0.480 e. The standard InChI is InChI=1S/C14H25N3O5/c1-7(2)11(16-12(19)10(15)8(3)18)13(20)17-6-4-5-9(17)14(21)22/h7-11,18H,4-6,15H2,1-3H3,(H,16,19)(H,21,22)/t8-,9-,10+,11+/m1/s1. The highest BCUT2D eigenvalue weighted by atomic mass is 16.4. The number of hydrogen-bond acceptors (Lipinski definition) is 5. The first-order valence-electron chi connectivity index (χ1n) is 7.44. The first kappa shape index (κ1) is 18.4. The van der Waals surface area contributed by atoms with Crippen molar-refractivity contribution < 1.29 is 24.6 Å². The van der Waals surface area contributed by atoms with Gasteiger partial charge in [0.05, 0.1) is 6.10 Å². The van der Waals surface area contributed by atoms with Crippen LogP contribution in [0.1, 0.15) is 33.6 Å². The van der Waals surface area contributed by atoms with Gasteiger partial charge in [-0.3, -0.25) is 9.59 Å². The second kappa shape index (κ2) is 7.55. The van der Waals surface area contributed by atoms with Crippen LogP contribution in [0.15, 0.2) is 0 Å². The van der Waals surface area contributed by atoms with Crippen LogP contribution in [0.2, 0.25) is 0 Å². The van der Waals surface area contributed by atoms with Crippen molar-refractivity contribution in [3.63, 3.8) is 0 Å². The Bertz CT molecular complexity index is 438. The van der Waals surface area contributed by atoms with Crippen molar-refractivity contribution in [2.45, 2.75) is 57.8 Å². The van der Waals surface area contributed by atoms with Crippen LogP contribution in [0.5, 0.6) is 0 Å². The van der Waals surface area contributed by atoms with E-state index in [0.717, 1.165) is 0 Å². The number of carbonyl (C=O) groups excluding carboxylic acids is 2. The molecule has 0 spiro atoms. The molecular weight excluding hydrogens is 290 g/mol. The molecule has 8 nitrogen and oxygen atoms in total. The van der Waals surface area contributed by atoms with E-state index < -0.39 is 42.0 Å². The van der Waals surface area contributed by atoms with Crippen LogP contribution < -0.4 is 11.1 Å². The molecule has 1 saturated heterocycles. The van der Waals surface area contributed by atoms with Gasteiger partial charge in [-0.05, 0) is 25.7 Å². The van der Waals surface area contributed by atoms with Crippen LogP contribution in [-0.4, -0.2) is 63.7 Å². The molecule has 1 aliphatic heterocycles. The van der Waals surface area contributed by atoms with Gasteiger partial charge in [0.15, 0.2) is 0 Å². The van der Waals surface area contributed by atoms with Gasteiger partial charge in [-0.1, -0.05) is 13.8 Å². The molecule has 2 amide bonds. The number of aliphatic hydroxyl groups is 1. The summed E-state index contributed by atoms with van der Waals surface area (Å²) in [7, 11) is 0. The van der Waals surface area contributed by atoms with Gasteiger partial charge in [-0.25, -0.2) is 4.79 Å². The highest BCUT2D eigenvalue weighted by Gasteiger charge is 2.39. The van der Waals surface area contributed by atoms with E-state index in [0.29, 0.717) is 19.4 Å². The lowest BCUT2D eigenvalue weighted by Gasteiger charge is -2.30. The molecule has 0 unspecified atom stereocenters. The molecule has 1 fully saturated rings. The third-order valence-electron chi connectivity index (χ3n) is 3.87. The topological polar surface area (TPSA) is 133 Å². The number of aliphatic carboxylic acids is 1. The Kier molecular flexibility index (Phi) is 6.31. The summed E-state index contributed by atoms with van der Waals surface area (Å²) in [6, 6.07) is -2.85. The van der Waals surface area contributed by atoms with Crippen molar-refractivity contribution in [1.29, 1.82) is 0 Å². The first-order valence-corrected chi connectivity index (χ1v) is 7.44. The number of carbonyl (C=O) groups is 3. The molecule has 126 valence electrons. The van der Waals surface area contributed by atoms with Gasteiger partial charge in [0.25, 0.3) is 0 Å². The molecule has 0 aromatic rings. The van der Waals surface area contributed by atoms with E-state index in [1.807, 2.05) is 0 Å². The Morgan fingerprint density at radius 1 is 1.27 bits per heavy atom. The second-order valence-electron chi connectivity index (χ2n) is 6.02. The van der Waals surface area contributed by atoms with E-state index in [1.165, 1.54) is 11.8 Å². The normalized spacial score (nSPS) is 22.3. The van der Waals surface area contributed by atoms with Crippen LogP contribution >= 0.6 is 0 Å². The number of amides is 2. The molecule has 4 atom stereocenters. The van der Waals surface area contributed by atoms with Crippen molar-refractivity contribution in [3.05, 3.63) is 0 Å². The minimum absolute atomic E-state index is 0.229. The minimum atomic E-state index is -1.14. The maximum absolute atomic E-state index is 12.6. The molecule has 0 aromatic heterocycles. The Balaban J connectivity index is 2.84. The van der Waals surface area contributed by atoms with Crippen molar-refractivity contribution >= 4 is 17.8 Å². The SMILES string of the molecule is CC(C)[C@H](NC(=O)[C@@H](N)[C@@H](C)O)C(=O)N1CCC[C@@H]1C(=O)O. The fraction of sp³-hybridized carbons (Fsp3) is 0.786. The quantitative estimate of drug-likeness (QED) is 0.492. The third-order valence-corrected chi connectivity index (χ3v) is 3.87. The van der Waals surface area contributed by atoms with Crippen LogP contribution in [0.4, 0.5) is 0 Å². The fourth-order valence-electron chi connectivity index (χ4n) is 2.45. The Hall–Kier alpha value is -1.67. The van der Waals surface area contributed by atoms with Gasteiger partial charge in [-0.2, -0.15) is 0 Å². The van der Waals surface area contributed by atoms with E-state index in [4.69, 9.17) is 10.8 Å². The summed E-state index contributed by atoms with van der Waals surface area (Å²) in [5.41, 5.74) is 5.56. The van der Waals surface area contributed by atoms with Crippen LogP contribution in [-0.2, 0) is 14.4 Å². The van der Waals surface area contributed by atoms with Crippen molar-refractivity contribution in [1.82, 2.24) is 10.2 Å². The number of aliphatic hydroxyl groups excluding tert-OH is 1. The number of nitrogens with zero attached hydrogens (tertiary/aromatic N) is 1. The predicted molar refractivity (Wildman–Crippen MR) is 78.8 cm³/mol. The van der Waals surface area contributed by atoms with Crippen molar-refractivity contribution in [2.75, 3.05) is 6.54 Å². The predicted octanol–water partition coefficient (Wildman–Crippen LogP) is -1.09. The summed E-state index contributed by atoms with van der Waals surface area (Å²) < 4.78 is 0. The van der Waals surface area contributed by atoms with E-state index >= 15 is 0 Å². The fourth-order valence-corrected chi connectivity index (χ4v) is 2.45. The molecular formula is C14H25N3O5. The lowest BCUT2D eigenvalue weighted by atomic mass is 10.0. The molecule has 0 aromatic carbocycles. The largest absolute Gasteiger partial charge is 0.480 e. The molecule has 0 saturated carbocycles. The molecule has 1 rings (SSSR count). The summed E-state index contributed by atoms with van der Waals surface area (Å²) in [4.78, 5) is 37.0. The third kappa shape index (κ3) is 4.17. The monoisotopic (exact) mass is 315 g/mol. The molecule has 0 bridgehead atoms. The van der Waals surface area contributed by atoms with Gasteiger partial charge in [0, 0.05) is 6.54 Å². The number of likely N-dealkylation sites (tertiary alicyclic amines) is 1. The number of carboxylic acids is 1. The Morgan fingerprint density at radius 2 is 1.86 bits per heavy atom. The maximum Gasteiger partial charge on any atom is 0.326 e. The number of nitrogens with one attached hydrogen (secondary N) is 1. The van der Waals surface area contributed by atoms with Gasteiger partial charge in [0.1, 0.15) is 18.1 Å². The summed E-state index contributed by atoms with van der Waals surface area (Å²) in [6.45, 7) is 5.25. The van der Waals surface area contributed by atoms with E-state index in [1.54, 1.807) is 13.8 Å². The molecule has 1 aliphatic rings. The summed E-state index contributed by atoms with van der Waals surface area (Å²) in [6.07, 6.45) is -0.0109. The van der Waals surface area contributed by atoms with Gasteiger partial charge < -0.3 is 26.2 Å². The van der Waals surface area contributed by atoms with Gasteiger partial charge in [0.2, 0.25) is 11.8 Å². The van der Waals surface area contributed by atoms with Gasteiger partial charge in [-0.15, -0.1) is 0 Å².